The minimum atomic E-state index is -3.00. The van der Waals surface area contributed by atoms with Gasteiger partial charge in [-0.2, -0.15) is 0 Å². The molecule has 1 unspecified atom stereocenters. The summed E-state index contributed by atoms with van der Waals surface area (Å²) in [4.78, 5) is 30.9. The van der Waals surface area contributed by atoms with Crippen LogP contribution in [-0.2, 0) is 6.54 Å². The topological polar surface area (TPSA) is 118 Å². The highest BCUT2D eigenvalue weighted by atomic mass is 19.3. The van der Waals surface area contributed by atoms with Crippen molar-refractivity contribution in [3.05, 3.63) is 46.4 Å². The Kier molecular flexibility index (Phi) is 6.44. The van der Waals surface area contributed by atoms with E-state index in [1.165, 1.54) is 11.1 Å². The third kappa shape index (κ3) is 4.93. The molecule has 1 atom stereocenters. The van der Waals surface area contributed by atoms with E-state index < -0.39 is 24.5 Å². The highest BCUT2D eigenvalue weighted by Gasteiger charge is 2.35. The first kappa shape index (κ1) is 22.5. The number of carbonyl (C=O) groups excluding carboxylic acids is 2. The van der Waals surface area contributed by atoms with Crippen molar-refractivity contribution in [1.82, 2.24) is 25.4 Å². The molecule has 11 heteroatoms. The monoisotopic (exact) mass is 435 g/mol. The fraction of sp³-hybridized carbons (Fsp3) is 0.450. The summed E-state index contributed by atoms with van der Waals surface area (Å²) in [5.74, 6) is -3.76. The van der Waals surface area contributed by atoms with Gasteiger partial charge in [0.05, 0.1) is 18.3 Å². The molecule has 0 bridgehead atoms. The summed E-state index contributed by atoms with van der Waals surface area (Å²) in [6, 6.07) is 2.68. The molecule has 1 aliphatic rings. The van der Waals surface area contributed by atoms with E-state index in [1.807, 2.05) is 0 Å². The SMILES string of the molecule is Cc1cc(C(C)N2Cc3c(ccnc3C(=O)NCCO)C2=O)nnc1OCC(C)(F)F. The quantitative estimate of drug-likeness (QED) is 0.647. The molecule has 0 aromatic carbocycles. The molecule has 2 N–H and O–H groups in total. The second kappa shape index (κ2) is 8.88. The van der Waals surface area contributed by atoms with Crippen LogP contribution in [0.15, 0.2) is 18.3 Å². The Morgan fingerprint density at radius 3 is 2.81 bits per heavy atom. The van der Waals surface area contributed by atoms with E-state index in [4.69, 9.17) is 9.84 Å². The number of nitrogens with zero attached hydrogens (tertiary/aromatic N) is 4. The van der Waals surface area contributed by atoms with Crippen LogP contribution in [0, 0.1) is 6.92 Å². The number of halogens is 2. The number of alkyl halides is 2. The maximum absolute atomic E-state index is 13.0. The molecular formula is C20H23F2N5O4. The van der Waals surface area contributed by atoms with Crippen LogP contribution in [0.5, 0.6) is 5.88 Å². The van der Waals surface area contributed by atoms with E-state index in [0.717, 1.165) is 6.92 Å². The van der Waals surface area contributed by atoms with Crippen LogP contribution in [0.3, 0.4) is 0 Å². The molecule has 2 amide bonds. The summed E-state index contributed by atoms with van der Waals surface area (Å²) in [7, 11) is 0. The van der Waals surface area contributed by atoms with Crippen molar-refractivity contribution < 1.29 is 28.2 Å². The number of pyridine rings is 1. The lowest BCUT2D eigenvalue weighted by Crippen LogP contribution is -2.29. The van der Waals surface area contributed by atoms with E-state index in [0.29, 0.717) is 22.4 Å². The number of aliphatic hydroxyl groups excluding tert-OH is 1. The maximum Gasteiger partial charge on any atom is 0.278 e. The number of amides is 2. The fourth-order valence-electron chi connectivity index (χ4n) is 3.21. The highest BCUT2D eigenvalue weighted by Crippen LogP contribution is 2.32. The molecule has 0 aliphatic carbocycles. The minimum absolute atomic E-state index is 0.000509. The predicted molar refractivity (Wildman–Crippen MR) is 105 cm³/mol. The number of hydrogen-bond acceptors (Lipinski definition) is 7. The molecule has 2 aromatic heterocycles. The average molecular weight is 435 g/mol. The molecule has 3 rings (SSSR count). The fourth-order valence-corrected chi connectivity index (χ4v) is 3.21. The van der Waals surface area contributed by atoms with Crippen molar-refractivity contribution in [2.75, 3.05) is 19.8 Å². The third-order valence-electron chi connectivity index (χ3n) is 4.80. The van der Waals surface area contributed by atoms with E-state index in [-0.39, 0.29) is 37.2 Å². The Bertz CT molecular complexity index is 996. The van der Waals surface area contributed by atoms with Crippen LogP contribution in [-0.4, -0.2) is 62.7 Å². The predicted octanol–water partition coefficient (Wildman–Crippen LogP) is 1.65. The van der Waals surface area contributed by atoms with Gasteiger partial charge in [-0.05, 0) is 26.0 Å². The number of rotatable bonds is 8. The van der Waals surface area contributed by atoms with E-state index in [1.54, 1.807) is 26.0 Å². The van der Waals surface area contributed by atoms with Crippen molar-refractivity contribution >= 4 is 11.8 Å². The van der Waals surface area contributed by atoms with Crippen LogP contribution in [0.1, 0.15) is 57.6 Å². The van der Waals surface area contributed by atoms with Crippen molar-refractivity contribution in [2.45, 2.75) is 39.3 Å². The highest BCUT2D eigenvalue weighted by molar-refractivity contribution is 6.03. The molecule has 2 aromatic rings. The van der Waals surface area contributed by atoms with Crippen LogP contribution in [0.25, 0.3) is 0 Å². The van der Waals surface area contributed by atoms with Gasteiger partial charge in [-0.25, -0.2) is 8.78 Å². The van der Waals surface area contributed by atoms with Crippen LogP contribution < -0.4 is 10.1 Å². The van der Waals surface area contributed by atoms with E-state index in [2.05, 4.69) is 20.5 Å². The van der Waals surface area contributed by atoms with Gasteiger partial charge >= 0.3 is 0 Å². The molecule has 0 spiro atoms. The lowest BCUT2D eigenvalue weighted by Gasteiger charge is -2.24. The van der Waals surface area contributed by atoms with Crippen molar-refractivity contribution in [2.24, 2.45) is 0 Å². The van der Waals surface area contributed by atoms with Gasteiger partial charge in [0.15, 0.2) is 6.61 Å². The molecule has 0 saturated carbocycles. The van der Waals surface area contributed by atoms with Gasteiger partial charge in [0, 0.05) is 42.9 Å². The van der Waals surface area contributed by atoms with Gasteiger partial charge in [0.2, 0.25) is 5.88 Å². The molecule has 0 radical (unpaired) electrons. The van der Waals surface area contributed by atoms with Crippen molar-refractivity contribution in [3.63, 3.8) is 0 Å². The standard InChI is InChI=1S/C20H23F2N5O4/c1-11-8-15(25-26-18(11)31-10-20(3,21)22)12(2)27-9-14-13(19(27)30)4-5-23-16(14)17(29)24-6-7-28/h4-5,8,12,28H,6-7,9-10H2,1-3H3,(H,24,29). The third-order valence-corrected chi connectivity index (χ3v) is 4.80. The van der Waals surface area contributed by atoms with Gasteiger partial charge in [-0.15, -0.1) is 10.2 Å². The van der Waals surface area contributed by atoms with Crippen molar-refractivity contribution in [3.8, 4) is 5.88 Å². The average Bonchev–Trinajstić information content (AvgIpc) is 3.06. The van der Waals surface area contributed by atoms with Gasteiger partial charge in [0.1, 0.15) is 5.69 Å². The lowest BCUT2D eigenvalue weighted by molar-refractivity contribution is -0.0247. The van der Waals surface area contributed by atoms with Gasteiger partial charge in [-0.1, -0.05) is 0 Å². The number of aryl methyl sites for hydroxylation is 1. The first-order chi connectivity index (χ1) is 14.6. The van der Waals surface area contributed by atoms with Crippen LogP contribution in [0.4, 0.5) is 8.78 Å². The summed E-state index contributed by atoms with van der Waals surface area (Å²) >= 11 is 0. The molecule has 1 aliphatic heterocycles. The van der Waals surface area contributed by atoms with Crippen LogP contribution >= 0.6 is 0 Å². The number of ether oxygens (including phenoxy) is 1. The molecule has 9 nitrogen and oxygen atoms in total. The zero-order chi connectivity index (χ0) is 22.8. The molecular weight excluding hydrogens is 412 g/mol. The Morgan fingerprint density at radius 1 is 1.42 bits per heavy atom. The molecule has 166 valence electrons. The summed E-state index contributed by atoms with van der Waals surface area (Å²) in [6.07, 6.45) is 1.39. The second-order valence-electron chi connectivity index (χ2n) is 7.39. The minimum Gasteiger partial charge on any atom is -0.470 e. The normalized spacial score (nSPS) is 14.4. The summed E-state index contributed by atoms with van der Waals surface area (Å²) in [5.41, 5.74) is 1.94. The number of carbonyl (C=O) groups is 2. The summed E-state index contributed by atoms with van der Waals surface area (Å²) in [6.45, 7) is 3.35. The zero-order valence-electron chi connectivity index (χ0n) is 17.4. The van der Waals surface area contributed by atoms with E-state index >= 15 is 0 Å². The number of nitrogens with one attached hydrogen (secondary N) is 1. The second-order valence-corrected chi connectivity index (χ2v) is 7.39. The van der Waals surface area contributed by atoms with Crippen LogP contribution in [0.2, 0.25) is 0 Å². The Hall–Kier alpha value is -3.21. The van der Waals surface area contributed by atoms with E-state index in [9.17, 15) is 18.4 Å². The molecule has 31 heavy (non-hydrogen) atoms. The van der Waals surface area contributed by atoms with Gasteiger partial charge in [0.25, 0.3) is 17.7 Å². The molecule has 0 saturated heterocycles. The smallest absolute Gasteiger partial charge is 0.278 e. The zero-order valence-corrected chi connectivity index (χ0v) is 17.4. The number of fused-ring (bicyclic) bond motifs is 1. The first-order valence-electron chi connectivity index (χ1n) is 9.65. The Morgan fingerprint density at radius 2 is 2.16 bits per heavy atom. The summed E-state index contributed by atoms with van der Waals surface area (Å²) in [5, 5.41) is 19.4. The number of aliphatic hydroxyl groups is 1. The number of hydrogen-bond donors (Lipinski definition) is 2. The summed E-state index contributed by atoms with van der Waals surface area (Å²) < 4.78 is 31.1. The largest absolute Gasteiger partial charge is 0.470 e. The van der Waals surface area contributed by atoms with Gasteiger partial charge in [-0.3, -0.25) is 14.6 Å². The molecule has 3 heterocycles. The molecule has 0 fully saturated rings. The number of aromatic nitrogens is 3. The Balaban J connectivity index is 1.80. The maximum atomic E-state index is 13.0. The lowest BCUT2D eigenvalue weighted by atomic mass is 10.1. The first-order valence-corrected chi connectivity index (χ1v) is 9.65. The van der Waals surface area contributed by atoms with Gasteiger partial charge < -0.3 is 20.1 Å². The Labute approximate surface area is 177 Å². The van der Waals surface area contributed by atoms with Crippen molar-refractivity contribution in [1.29, 1.82) is 0 Å².